The van der Waals surface area contributed by atoms with Crippen LogP contribution in [0.2, 0.25) is 0 Å². The van der Waals surface area contributed by atoms with E-state index >= 15 is 0 Å². The number of benzene rings is 1. The summed E-state index contributed by atoms with van der Waals surface area (Å²) in [5.74, 6) is 0.315. The van der Waals surface area contributed by atoms with E-state index in [9.17, 15) is 18.0 Å². The monoisotopic (exact) mass is 523 g/mol. The summed E-state index contributed by atoms with van der Waals surface area (Å²) in [5, 5.41) is 16.4. The van der Waals surface area contributed by atoms with Gasteiger partial charge < -0.3 is 5.32 Å². The molecule has 5 rings (SSSR count). The number of carbonyl (C=O) groups excluding carboxylic acids is 1. The van der Waals surface area contributed by atoms with Crippen LogP contribution in [0.25, 0.3) is 11.3 Å². The molecule has 2 aliphatic heterocycles. The molecule has 38 heavy (non-hydrogen) atoms. The third-order valence-corrected chi connectivity index (χ3v) is 7.37. The number of aromatic nitrogens is 4. The highest BCUT2D eigenvalue weighted by molar-refractivity contribution is 5.96. The fourth-order valence-electron chi connectivity index (χ4n) is 5.58. The first-order valence-corrected chi connectivity index (χ1v) is 12.7. The van der Waals surface area contributed by atoms with Crippen LogP contribution in [-0.4, -0.2) is 55.2 Å². The summed E-state index contributed by atoms with van der Waals surface area (Å²) in [6.45, 7) is 1.07. The molecule has 3 aromatic rings. The van der Waals surface area contributed by atoms with Crippen LogP contribution < -0.4 is 5.32 Å². The molecule has 2 atom stereocenters. The highest BCUT2D eigenvalue weighted by Gasteiger charge is 2.45. The SMILES string of the molecule is Cc1cnc(Nc2cnn(C3CC4CCC(C3)N4CC(F)(F)F)c2)nc1-c1ccc(C(=O)CCC#N)cc1. The Morgan fingerprint density at radius 3 is 2.50 bits per heavy atom. The number of aryl methyl sites for hydroxylation is 1. The molecule has 2 fully saturated rings. The highest BCUT2D eigenvalue weighted by Crippen LogP contribution is 2.42. The summed E-state index contributed by atoms with van der Waals surface area (Å²) >= 11 is 0. The largest absolute Gasteiger partial charge is 0.401 e. The maximum atomic E-state index is 13.0. The number of piperidine rings is 1. The number of fused-ring (bicyclic) bond motifs is 2. The summed E-state index contributed by atoms with van der Waals surface area (Å²) < 4.78 is 40.8. The first kappa shape index (κ1) is 25.9. The minimum absolute atomic E-state index is 0.0522. The van der Waals surface area contributed by atoms with Gasteiger partial charge in [-0.1, -0.05) is 24.3 Å². The van der Waals surface area contributed by atoms with Gasteiger partial charge in [0.2, 0.25) is 5.95 Å². The van der Waals surface area contributed by atoms with Crippen LogP contribution in [0.3, 0.4) is 0 Å². The maximum Gasteiger partial charge on any atom is 0.401 e. The Balaban J connectivity index is 1.26. The second kappa shape index (κ2) is 10.5. The summed E-state index contributed by atoms with van der Waals surface area (Å²) in [6, 6.07) is 9.03. The smallest absolute Gasteiger partial charge is 0.321 e. The lowest BCUT2D eigenvalue weighted by Gasteiger charge is -2.39. The Hall–Kier alpha value is -3.78. The number of rotatable bonds is 8. The maximum absolute atomic E-state index is 13.0. The molecular weight excluding hydrogens is 495 g/mol. The Bertz CT molecular complexity index is 1330. The van der Waals surface area contributed by atoms with Gasteiger partial charge in [0.15, 0.2) is 5.78 Å². The molecule has 2 aliphatic rings. The molecule has 0 aliphatic carbocycles. The number of Topliss-reactive ketones (excluding diaryl/α,β-unsaturated/α-hetero) is 1. The molecule has 8 nitrogen and oxygen atoms in total. The van der Waals surface area contributed by atoms with Gasteiger partial charge in [-0.05, 0) is 38.2 Å². The average molecular weight is 524 g/mol. The number of carbonyl (C=O) groups is 1. The van der Waals surface area contributed by atoms with Crippen molar-refractivity contribution in [3.63, 3.8) is 0 Å². The van der Waals surface area contributed by atoms with Gasteiger partial charge in [0, 0.05) is 48.4 Å². The zero-order valence-corrected chi connectivity index (χ0v) is 20.9. The quantitative estimate of drug-likeness (QED) is 0.383. The van der Waals surface area contributed by atoms with Crippen molar-refractivity contribution >= 4 is 17.4 Å². The fourth-order valence-corrected chi connectivity index (χ4v) is 5.58. The number of nitriles is 1. The molecular formula is C27H28F3N7O. The topological polar surface area (TPSA) is 99.7 Å². The van der Waals surface area contributed by atoms with E-state index in [2.05, 4.69) is 20.4 Å². The Labute approximate surface area is 218 Å². The van der Waals surface area contributed by atoms with Gasteiger partial charge in [0.1, 0.15) is 0 Å². The summed E-state index contributed by atoms with van der Waals surface area (Å²) in [7, 11) is 0. The Kier molecular flexibility index (Phi) is 7.17. The molecule has 2 bridgehead atoms. The van der Waals surface area contributed by atoms with Gasteiger partial charge in [-0.2, -0.15) is 23.5 Å². The van der Waals surface area contributed by atoms with Crippen molar-refractivity contribution in [1.29, 1.82) is 5.26 Å². The Morgan fingerprint density at radius 1 is 1.13 bits per heavy atom. The predicted octanol–water partition coefficient (Wildman–Crippen LogP) is 5.61. The summed E-state index contributed by atoms with van der Waals surface area (Å²) in [4.78, 5) is 22.8. The van der Waals surface area contributed by atoms with E-state index in [1.807, 2.05) is 36.0 Å². The van der Waals surface area contributed by atoms with Crippen molar-refractivity contribution in [3.05, 3.63) is 54.0 Å². The van der Waals surface area contributed by atoms with Crippen LogP contribution in [0.1, 0.15) is 60.5 Å². The van der Waals surface area contributed by atoms with Crippen molar-refractivity contribution in [2.75, 3.05) is 11.9 Å². The lowest BCUT2D eigenvalue weighted by atomic mass is 9.97. The number of anilines is 2. The first-order valence-electron chi connectivity index (χ1n) is 12.7. The van der Waals surface area contributed by atoms with Crippen molar-refractivity contribution in [2.45, 2.75) is 69.8 Å². The van der Waals surface area contributed by atoms with E-state index < -0.39 is 12.7 Å². The number of ketones is 1. The zero-order chi connectivity index (χ0) is 26.9. The third-order valence-electron chi connectivity index (χ3n) is 7.37. The van der Waals surface area contributed by atoms with Crippen molar-refractivity contribution < 1.29 is 18.0 Å². The molecule has 1 aromatic carbocycles. The van der Waals surface area contributed by atoms with E-state index in [4.69, 9.17) is 5.26 Å². The van der Waals surface area contributed by atoms with Gasteiger partial charge >= 0.3 is 6.18 Å². The van der Waals surface area contributed by atoms with Crippen LogP contribution >= 0.6 is 0 Å². The van der Waals surface area contributed by atoms with Crippen molar-refractivity contribution in [2.24, 2.45) is 0 Å². The van der Waals surface area contributed by atoms with E-state index in [-0.39, 0.29) is 36.8 Å². The number of hydrogen-bond donors (Lipinski definition) is 1. The Morgan fingerprint density at radius 2 is 1.84 bits per heavy atom. The molecule has 0 radical (unpaired) electrons. The molecule has 0 amide bonds. The van der Waals surface area contributed by atoms with E-state index in [1.54, 1.807) is 29.4 Å². The molecule has 2 saturated heterocycles. The normalized spacial score (nSPS) is 21.3. The fraction of sp³-hybridized carbons (Fsp3) is 0.444. The lowest BCUT2D eigenvalue weighted by molar-refractivity contribution is -0.156. The second-order valence-electron chi connectivity index (χ2n) is 10.0. The number of hydrogen-bond acceptors (Lipinski definition) is 7. The minimum Gasteiger partial charge on any atom is -0.321 e. The standard InChI is InChI=1S/C27H28F3N7O/c1-17-13-32-26(35-25(17)19-6-4-18(5-7-19)24(38)3-2-10-31)34-20-14-33-37(15-20)23-11-21-8-9-22(12-23)36(21)16-27(28,29)30/h4-7,13-15,21-23H,2-3,8-9,11-12,16H2,1H3,(H,32,34,35). The first-order chi connectivity index (χ1) is 18.2. The molecule has 2 unspecified atom stereocenters. The molecule has 0 spiro atoms. The molecule has 4 heterocycles. The van der Waals surface area contributed by atoms with Crippen molar-refractivity contribution in [1.82, 2.24) is 24.6 Å². The van der Waals surface area contributed by atoms with Crippen LogP contribution in [0, 0.1) is 18.3 Å². The average Bonchev–Trinajstić information content (AvgIpc) is 3.42. The minimum atomic E-state index is -4.18. The molecule has 1 N–H and O–H groups in total. The van der Waals surface area contributed by atoms with Crippen LogP contribution in [0.5, 0.6) is 0 Å². The van der Waals surface area contributed by atoms with Crippen molar-refractivity contribution in [3.8, 4) is 17.3 Å². The third kappa shape index (κ3) is 5.70. The molecule has 2 aromatic heterocycles. The number of alkyl halides is 3. The van der Waals surface area contributed by atoms with Gasteiger partial charge in [0.25, 0.3) is 0 Å². The number of nitrogens with one attached hydrogen (secondary N) is 1. The second-order valence-corrected chi connectivity index (χ2v) is 10.0. The van der Waals surface area contributed by atoms with Gasteiger partial charge in [-0.3, -0.25) is 14.4 Å². The molecule has 198 valence electrons. The lowest BCUT2D eigenvalue weighted by Crippen LogP contribution is -2.47. The van der Waals surface area contributed by atoms with Crippen LogP contribution in [0.15, 0.2) is 42.9 Å². The zero-order valence-electron chi connectivity index (χ0n) is 20.9. The number of halogens is 3. The predicted molar refractivity (Wildman–Crippen MR) is 135 cm³/mol. The van der Waals surface area contributed by atoms with E-state index in [1.165, 1.54) is 0 Å². The van der Waals surface area contributed by atoms with Crippen LogP contribution in [0.4, 0.5) is 24.8 Å². The number of nitrogens with zero attached hydrogens (tertiary/aromatic N) is 6. The summed E-state index contributed by atoms with van der Waals surface area (Å²) in [6.07, 6.45) is 4.32. The highest BCUT2D eigenvalue weighted by atomic mass is 19.4. The molecule has 11 heteroatoms. The van der Waals surface area contributed by atoms with E-state index in [0.29, 0.717) is 30.0 Å². The van der Waals surface area contributed by atoms with Gasteiger partial charge in [0.05, 0.1) is 36.2 Å². The van der Waals surface area contributed by atoms with Crippen LogP contribution in [-0.2, 0) is 0 Å². The van der Waals surface area contributed by atoms with Gasteiger partial charge in [-0.25, -0.2) is 9.97 Å². The van der Waals surface area contributed by atoms with Gasteiger partial charge in [-0.15, -0.1) is 0 Å². The summed E-state index contributed by atoms with van der Waals surface area (Å²) in [5.41, 5.74) is 3.68. The van der Waals surface area contributed by atoms with E-state index in [0.717, 1.165) is 29.7 Å². The molecule has 0 saturated carbocycles.